The normalized spacial score (nSPS) is 11.9. The summed E-state index contributed by atoms with van der Waals surface area (Å²) < 4.78 is 14.7. The van der Waals surface area contributed by atoms with E-state index < -0.39 is 0 Å². The Labute approximate surface area is 200 Å². The zero-order valence-corrected chi connectivity index (χ0v) is 19.8. The lowest BCUT2D eigenvalue weighted by molar-refractivity contribution is 0.186. The molecule has 7 nitrogen and oxygen atoms in total. The van der Waals surface area contributed by atoms with Crippen molar-refractivity contribution in [3.8, 4) is 11.6 Å². The Morgan fingerprint density at radius 1 is 1.15 bits per heavy atom. The molecule has 0 bridgehead atoms. The first-order valence-electron chi connectivity index (χ1n) is 10.9. The third kappa shape index (κ3) is 3.93. The Balaban J connectivity index is 1.67. The summed E-state index contributed by atoms with van der Waals surface area (Å²) in [6.07, 6.45) is 1.69. The number of aryl methyl sites for hydroxylation is 1. The predicted octanol–water partition coefficient (Wildman–Crippen LogP) is 5.41. The van der Waals surface area contributed by atoms with Gasteiger partial charge in [-0.2, -0.15) is 9.78 Å². The lowest BCUT2D eigenvalue weighted by Crippen LogP contribution is -2.20. The largest absolute Gasteiger partial charge is 0.453 e. The molecule has 0 saturated heterocycles. The maximum atomic E-state index is 13.4. The van der Waals surface area contributed by atoms with Gasteiger partial charge in [0.1, 0.15) is 5.58 Å². The van der Waals surface area contributed by atoms with Crippen LogP contribution in [0.2, 0.25) is 5.02 Å². The van der Waals surface area contributed by atoms with Crippen LogP contribution in [0.3, 0.4) is 0 Å². The molecule has 3 aromatic heterocycles. The van der Waals surface area contributed by atoms with Crippen LogP contribution in [0.1, 0.15) is 17.0 Å². The van der Waals surface area contributed by atoms with E-state index in [0.717, 1.165) is 28.9 Å². The molecule has 172 valence electrons. The number of hydrogen-bond donors (Lipinski definition) is 0. The molecule has 3 heterocycles. The third-order valence-corrected chi connectivity index (χ3v) is 6.13. The van der Waals surface area contributed by atoms with Gasteiger partial charge in [0.2, 0.25) is 5.82 Å². The molecule has 8 heteroatoms. The zero-order valence-electron chi connectivity index (χ0n) is 19.1. The number of hydrogen-bond acceptors (Lipinski definition) is 5. The van der Waals surface area contributed by atoms with E-state index >= 15 is 0 Å². The minimum atomic E-state index is -0.275. The number of ether oxygens (including phenoxy) is 1. The molecule has 0 unspecified atom stereocenters. The second-order valence-electron chi connectivity index (χ2n) is 8.08. The van der Waals surface area contributed by atoms with Crippen LogP contribution in [-0.2, 0) is 11.3 Å². The monoisotopic (exact) mass is 474 g/mol. The van der Waals surface area contributed by atoms with Crippen molar-refractivity contribution >= 4 is 39.7 Å². The molecule has 0 aliphatic rings. The van der Waals surface area contributed by atoms with Crippen LogP contribution in [-0.4, -0.2) is 34.2 Å². The van der Waals surface area contributed by atoms with E-state index in [9.17, 15) is 4.79 Å². The van der Waals surface area contributed by atoms with E-state index in [1.807, 2.05) is 44.2 Å². The average Bonchev–Trinajstić information content (AvgIpc) is 3.36. The topological polar surface area (TPSA) is 74.6 Å². The van der Waals surface area contributed by atoms with Crippen molar-refractivity contribution in [3.05, 3.63) is 86.9 Å². The average molecular weight is 475 g/mol. The van der Waals surface area contributed by atoms with Gasteiger partial charge in [-0.1, -0.05) is 23.7 Å². The number of rotatable bonds is 6. The number of aromatic nitrogens is 3. The molecule has 0 N–H and O–H groups in total. The first-order valence-corrected chi connectivity index (χ1v) is 11.3. The number of nitrogens with zero attached hydrogens (tertiary/aromatic N) is 4. The van der Waals surface area contributed by atoms with Gasteiger partial charge in [-0.3, -0.25) is 4.79 Å². The highest BCUT2D eigenvalue weighted by Crippen LogP contribution is 2.29. The Kier molecular flexibility index (Phi) is 5.81. The van der Waals surface area contributed by atoms with Gasteiger partial charge in [-0.05, 0) is 56.3 Å². The van der Waals surface area contributed by atoms with Crippen LogP contribution in [0.15, 0.2) is 68.9 Å². The first kappa shape index (κ1) is 22.1. The molecule has 0 atom stereocenters. The summed E-state index contributed by atoms with van der Waals surface area (Å²) in [5.41, 5.74) is 4.00. The molecule has 0 aliphatic heterocycles. The Morgan fingerprint density at radius 2 is 1.97 bits per heavy atom. The van der Waals surface area contributed by atoms with Crippen molar-refractivity contribution in [2.45, 2.75) is 20.4 Å². The number of fused-ring (bicyclic) bond motifs is 2. The van der Waals surface area contributed by atoms with Crippen LogP contribution < -0.4 is 5.56 Å². The van der Waals surface area contributed by atoms with Gasteiger partial charge in [0.25, 0.3) is 5.56 Å². The Bertz CT molecular complexity index is 1610. The maximum Gasteiger partial charge on any atom is 0.282 e. The number of benzene rings is 2. The molecule has 34 heavy (non-hydrogen) atoms. The summed E-state index contributed by atoms with van der Waals surface area (Å²) in [5.74, 6) is 0.753. The molecule has 0 fully saturated rings. The van der Waals surface area contributed by atoms with Gasteiger partial charge >= 0.3 is 0 Å². The molecule has 0 saturated carbocycles. The molecule has 0 spiro atoms. The fourth-order valence-corrected chi connectivity index (χ4v) is 4.30. The number of furan rings is 1. The van der Waals surface area contributed by atoms with Gasteiger partial charge in [0.15, 0.2) is 5.76 Å². The highest BCUT2D eigenvalue weighted by atomic mass is 35.5. The molecule has 5 aromatic rings. The van der Waals surface area contributed by atoms with Crippen LogP contribution in [0.5, 0.6) is 0 Å². The minimum absolute atomic E-state index is 0.275. The molecule has 0 radical (unpaired) electrons. The van der Waals surface area contributed by atoms with Crippen LogP contribution in [0.25, 0.3) is 33.5 Å². The van der Waals surface area contributed by atoms with E-state index in [1.54, 1.807) is 37.6 Å². The summed E-state index contributed by atoms with van der Waals surface area (Å²) in [5, 5.41) is 6.48. The molecule has 5 rings (SSSR count). The van der Waals surface area contributed by atoms with E-state index in [-0.39, 0.29) is 5.56 Å². The lowest BCUT2D eigenvalue weighted by Gasteiger charge is -2.08. The standard InChI is InChI=1S/C26H23ClN4O3/c1-16-12-19(17(2)30(16)10-11-33-3)15-28-31-25(29-22-7-5-4-6-21(22)26(31)32)24-14-18-13-20(27)8-9-23(18)34-24/h4-9,12-15H,10-11H2,1-3H3. The number of halogens is 1. The Hall–Kier alpha value is -3.68. The molecular weight excluding hydrogens is 452 g/mol. The highest BCUT2D eigenvalue weighted by molar-refractivity contribution is 6.31. The van der Waals surface area contributed by atoms with E-state index in [2.05, 4.69) is 9.67 Å². The van der Waals surface area contributed by atoms with Crippen molar-refractivity contribution in [1.82, 2.24) is 14.2 Å². The van der Waals surface area contributed by atoms with Gasteiger partial charge in [0.05, 0.1) is 23.7 Å². The van der Waals surface area contributed by atoms with Crippen LogP contribution in [0.4, 0.5) is 0 Å². The fourth-order valence-electron chi connectivity index (χ4n) is 4.12. The lowest BCUT2D eigenvalue weighted by atomic mass is 10.2. The molecular formula is C26H23ClN4O3. The molecule has 0 aliphatic carbocycles. The summed E-state index contributed by atoms with van der Waals surface area (Å²) in [6.45, 7) is 5.41. The molecule has 2 aromatic carbocycles. The smallest absolute Gasteiger partial charge is 0.282 e. The van der Waals surface area contributed by atoms with Gasteiger partial charge in [-0.15, -0.1) is 0 Å². The van der Waals surface area contributed by atoms with Crippen molar-refractivity contribution < 1.29 is 9.15 Å². The van der Waals surface area contributed by atoms with E-state index in [1.165, 1.54) is 4.68 Å². The van der Waals surface area contributed by atoms with Crippen molar-refractivity contribution in [2.75, 3.05) is 13.7 Å². The van der Waals surface area contributed by atoms with E-state index in [0.29, 0.717) is 39.7 Å². The van der Waals surface area contributed by atoms with E-state index in [4.69, 9.17) is 25.7 Å². The van der Waals surface area contributed by atoms with Crippen molar-refractivity contribution in [2.24, 2.45) is 5.10 Å². The van der Waals surface area contributed by atoms with Gasteiger partial charge in [0, 0.05) is 41.0 Å². The van der Waals surface area contributed by atoms with Crippen LogP contribution >= 0.6 is 11.6 Å². The maximum absolute atomic E-state index is 13.4. The minimum Gasteiger partial charge on any atom is -0.453 e. The van der Waals surface area contributed by atoms with Gasteiger partial charge in [-0.25, -0.2) is 4.98 Å². The number of methoxy groups -OCH3 is 1. The second-order valence-corrected chi connectivity index (χ2v) is 8.51. The number of para-hydroxylation sites is 1. The highest BCUT2D eigenvalue weighted by Gasteiger charge is 2.17. The van der Waals surface area contributed by atoms with Crippen molar-refractivity contribution in [3.63, 3.8) is 0 Å². The summed E-state index contributed by atoms with van der Waals surface area (Å²) >= 11 is 6.14. The van der Waals surface area contributed by atoms with Gasteiger partial charge < -0.3 is 13.7 Å². The first-order chi connectivity index (χ1) is 16.5. The van der Waals surface area contributed by atoms with Crippen LogP contribution in [0, 0.1) is 13.8 Å². The summed E-state index contributed by atoms with van der Waals surface area (Å²) in [7, 11) is 1.68. The van der Waals surface area contributed by atoms with Crippen molar-refractivity contribution in [1.29, 1.82) is 0 Å². The fraction of sp³-hybridized carbons (Fsp3) is 0.192. The SMILES string of the molecule is COCCn1c(C)cc(C=Nn2c(-c3cc4cc(Cl)ccc4o3)nc3ccccc3c2=O)c1C. The summed E-state index contributed by atoms with van der Waals surface area (Å²) in [6, 6.07) is 16.4. The second kappa shape index (κ2) is 8.93. The molecule has 0 amide bonds. The summed E-state index contributed by atoms with van der Waals surface area (Å²) in [4.78, 5) is 18.2. The quantitative estimate of drug-likeness (QED) is 0.308. The Morgan fingerprint density at radius 3 is 2.79 bits per heavy atom. The zero-order chi connectivity index (χ0) is 23.8. The predicted molar refractivity (Wildman–Crippen MR) is 135 cm³/mol. The third-order valence-electron chi connectivity index (χ3n) is 5.90.